The maximum Gasteiger partial charge on any atom is 0.161 e. The first-order valence-corrected chi connectivity index (χ1v) is 5.33. The second-order valence-electron chi connectivity index (χ2n) is 3.66. The molecule has 1 aromatic heterocycles. The van der Waals surface area contributed by atoms with Crippen LogP contribution in [0.1, 0.15) is 11.1 Å². The molecule has 0 atom stereocenters. The minimum atomic E-state index is 0.135. The van der Waals surface area contributed by atoms with E-state index in [1.165, 1.54) is 0 Å². The van der Waals surface area contributed by atoms with E-state index in [-0.39, 0.29) is 5.75 Å². The highest BCUT2D eigenvalue weighted by atomic mass is 16.5. The maximum absolute atomic E-state index is 9.53. The summed E-state index contributed by atoms with van der Waals surface area (Å²) < 4.78 is 5.49. The summed E-state index contributed by atoms with van der Waals surface area (Å²) in [4.78, 5) is 4.07. The number of rotatable bonds is 4. The van der Waals surface area contributed by atoms with Gasteiger partial charge in [0.05, 0.1) is 0 Å². The quantitative estimate of drug-likeness (QED) is 0.840. The molecule has 4 heteroatoms. The Morgan fingerprint density at radius 3 is 2.71 bits per heavy atom. The number of ether oxygens (including phenoxy) is 1. The molecular formula is C13H14N2O2. The van der Waals surface area contributed by atoms with Crippen LogP contribution in [-0.4, -0.2) is 10.1 Å². The van der Waals surface area contributed by atoms with Crippen molar-refractivity contribution in [3.05, 3.63) is 53.9 Å². The van der Waals surface area contributed by atoms with Crippen LogP contribution in [-0.2, 0) is 13.2 Å². The number of aromatic nitrogens is 1. The Kier molecular flexibility index (Phi) is 3.57. The normalized spacial score (nSPS) is 10.2. The number of pyridine rings is 1. The zero-order valence-electron chi connectivity index (χ0n) is 9.34. The van der Waals surface area contributed by atoms with Gasteiger partial charge in [-0.25, -0.2) is 0 Å². The van der Waals surface area contributed by atoms with Gasteiger partial charge in [0.1, 0.15) is 6.61 Å². The average molecular weight is 230 g/mol. The van der Waals surface area contributed by atoms with Crippen LogP contribution in [0.2, 0.25) is 0 Å². The highest BCUT2D eigenvalue weighted by molar-refractivity contribution is 5.38. The minimum Gasteiger partial charge on any atom is -0.504 e. The molecule has 3 N–H and O–H groups in total. The molecule has 0 amide bonds. The van der Waals surface area contributed by atoms with E-state index in [4.69, 9.17) is 10.5 Å². The number of nitrogens with two attached hydrogens (primary N) is 1. The van der Waals surface area contributed by atoms with E-state index in [0.29, 0.717) is 18.9 Å². The van der Waals surface area contributed by atoms with Crippen molar-refractivity contribution in [3.63, 3.8) is 0 Å². The number of aromatic hydroxyl groups is 1. The lowest BCUT2D eigenvalue weighted by Gasteiger charge is -2.08. The monoisotopic (exact) mass is 230 g/mol. The lowest BCUT2D eigenvalue weighted by atomic mass is 10.2. The van der Waals surface area contributed by atoms with Crippen LogP contribution >= 0.6 is 0 Å². The van der Waals surface area contributed by atoms with Crippen LogP contribution in [0, 0.1) is 0 Å². The molecule has 0 aliphatic heterocycles. The highest BCUT2D eigenvalue weighted by Crippen LogP contribution is 2.25. The molecule has 1 heterocycles. The van der Waals surface area contributed by atoms with E-state index in [0.717, 1.165) is 11.1 Å². The highest BCUT2D eigenvalue weighted by Gasteiger charge is 2.01. The number of hydrogen-bond acceptors (Lipinski definition) is 4. The van der Waals surface area contributed by atoms with Crippen LogP contribution in [0.4, 0.5) is 0 Å². The Bertz CT molecular complexity index is 500. The first kappa shape index (κ1) is 11.4. The predicted molar refractivity (Wildman–Crippen MR) is 64.6 cm³/mol. The largest absolute Gasteiger partial charge is 0.504 e. The van der Waals surface area contributed by atoms with Gasteiger partial charge in [-0.05, 0) is 23.8 Å². The van der Waals surface area contributed by atoms with Gasteiger partial charge in [0.25, 0.3) is 0 Å². The van der Waals surface area contributed by atoms with Crippen LogP contribution in [0.25, 0.3) is 0 Å². The minimum absolute atomic E-state index is 0.135. The van der Waals surface area contributed by atoms with Gasteiger partial charge < -0.3 is 15.6 Å². The molecule has 0 bridgehead atoms. The molecule has 0 unspecified atom stereocenters. The second-order valence-corrected chi connectivity index (χ2v) is 3.66. The van der Waals surface area contributed by atoms with Crippen molar-refractivity contribution in [2.45, 2.75) is 13.2 Å². The van der Waals surface area contributed by atoms with E-state index in [1.807, 2.05) is 12.1 Å². The first-order chi connectivity index (χ1) is 8.29. The fraction of sp³-hybridized carbons (Fsp3) is 0.154. The number of phenolic OH excluding ortho intramolecular Hbond substituents is 1. The molecule has 0 saturated carbocycles. The Balaban J connectivity index is 2.05. The molecule has 0 fully saturated rings. The van der Waals surface area contributed by atoms with Gasteiger partial charge in [-0.15, -0.1) is 0 Å². The van der Waals surface area contributed by atoms with Gasteiger partial charge in [-0.1, -0.05) is 12.1 Å². The van der Waals surface area contributed by atoms with Crippen LogP contribution in [0.15, 0.2) is 42.7 Å². The summed E-state index contributed by atoms with van der Waals surface area (Å²) >= 11 is 0. The zero-order chi connectivity index (χ0) is 12.1. The Morgan fingerprint density at radius 1 is 1.18 bits per heavy atom. The van der Waals surface area contributed by atoms with Crippen LogP contribution < -0.4 is 10.5 Å². The van der Waals surface area contributed by atoms with Crippen molar-refractivity contribution in [2.75, 3.05) is 0 Å². The third kappa shape index (κ3) is 2.95. The van der Waals surface area contributed by atoms with Crippen molar-refractivity contribution in [3.8, 4) is 11.5 Å². The van der Waals surface area contributed by atoms with Crippen LogP contribution in [0.3, 0.4) is 0 Å². The van der Waals surface area contributed by atoms with Gasteiger partial charge in [-0.2, -0.15) is 0 Å². The molecule has 0 spiro atoms. The summed E-state index contributed by atoms with van der Waals surface area (Å²) in [7, 11) is 0. The summed E-state index contributed by atoms with van der Waals surface area (Å²) in [5, 5.41) is 9.53. The molecule has 17 heavy (non-hydrogen) atoms. The molecule has 4 nitrogen and oxygen atoms in total. The number of nitrogens with zero attached hydrogens (tertiary/aromatic N) is 1. The third-order valence-electron chi connectivity index (χ3n) is 2.35. The summed E-state index contributed by atoms with van der Waals surface area (Å²) in [6.45, 7) is 0.815. The van der Waals surface area contributed by atoms with E-state index in [2.05, 4.69) is 4.98 Å². The second kappa shape index (κ2) is 5.32. The lowest BCUT2D eigenvalue weighted by Crippen LogP contribution is -2.01. The van der Waals surface area contributed by atoms with E-state index in [9.17, 15) is 5.11 Å². The molecule has 88 valence electrons. The Labute approximate surface area is 99.7 Å². The molecule has 1 aromatic carbocycles. The van der Waals surface area contributed by atoms with E-state index >= 15 is 0 Å². The third-order valence-corrected chi connectivity index (χ3v) is 2.35. The maximum atomic E-state index is 9.53. The van der Waals surface area contributed by atoms with E-state index < -0.39 is 0 Å². The summed E-state index contributed by atoms with van der Waals surface area (Å²) in [6, 6.07) is 8.80. The van der Waals surface area contributed by atoms with Gasteiger partial charge in [-0.3, -0.25) is 4.98 Å². The smallest absolute Gasteiger partial charge is 0.161 e. The lowest BCUT2D eigenvalue weighted by molar-refractivity contribution is 0.288. The average Bonchev–Trinajstić information content (AvgIpc) is 2.38. The standard InChI is InChI=1S/C13H14N2O2/c14-6-10-5-11(8-15-7-10)9-17-13-4-2-1-3-12(13)16/h1-5,7-8,16H,6,9,14H2. The van der Waals surface area contributed by atoms with Gasteiger partial charge in [0.15, 0.2) is 11.5 Å². The molecule has 2 rings (SSSR count). The summed E-state index contributed by atoms with van der Waals surface area (Å²) in [6.07, 6.45) is 3.45. The topological polar surface area (TPSA) is 68.4 Å². The van der Waals surface area contributed by atoms with Gasteiger partial charge in [0.2, 0.25) is 0 Å². The SMILES string of the molecule is NCc1cncc(COc2ccccc2O)c1. The van der Waals surface area contributed by atoms with E-state index in [1.54, 1.807) is 30.6 Å². The summed E-state index contributed by atoms with van der Waals surface area (Å²) in [5.74, 6) is 0.598. The van der Waals surface area contributed by atoms with Crippen molar-refractivity contribution in [1.29, 1.82) is 0 Å². The van der Waals surface area contributed by atoms with Crippen molar-refractivity contribution >= 4 is 0 Å². The Morgan fingerprint density at radius 2 is 1.94 bits per heavy atom. The molecule has 2 aromatic rings. The van der Waals surface area contributed by atoms with Crippen molar-refractivity contribution in [2.24, 2.45) is 5.73 Å². The molecule has 0 aliphatic carbocycles. The fourth-order valence-electron chi connectivity index (χ4n) is 1.47. The Hall–Kier alpha value is -2.07. The molecular weight excluding hydrogens is 216 g/mol. The van der Waals surface area contributed by atoms with Crippen molar-refractivity contribution in [1.82, 2.24) is 4.98 Å². The number of phenols is 1. The van der Waals surface area contributed by atoms with Gasteiger partial charge in [0, 0.05) is 24.5 Å². The van der Waals surface area contributed by atoms with Crippen LogP contribution in [0.5, 0.6) is 11.5 Å². The first-order valence-electron chi connectivity index (χ1n) is 5.33. The zero-order valence-corrected chi connectivity index (χ0v) is 9.34. The van der Waals surface area contributed by atoms with Crippen molar-refractivity contribution < 1.29 is 9.84 Å². The molecule has 0 aliphatic rings. The molecule has 0 saturated heterocycles. The number of para-hydroxylation sites is 2. The fourth-order valence-corrected chi connectivity index (χ4v) is 1.47. The van der Waals surface area contributed by atoms with Gasteiger partial charge >= 0.3 is 0 Å². The predicted octanol–water partition coefficient (Wildman–Crippen LogP) is 1.82. The number of benzene rings is 1. The summed E-state index contributed by atoms with van der Waals surface area (Å²) in [5.41, 5.74) is 7.42. The molecule has 0 radical (unpaired) electrons. The number of hydrogen-bond donors (Lipinski definition) is 2.